The average molecular weight is 373 g/mol. The van der Waals surface area contributed by atoms with E-state index in [0.29, 0.717) is 25.1 Å². The van der Waals surface area contributed by atoms with E-state index in [1.54, 1.807) is 20.8 Å². The van der Waals surface area contributed by atoms with Crippen molar-refractivity contribution >= 4 is 21.9 Å². The number of hydrogen-bond acceptors (Lipinski definition) is 6. The summed E-state index contributed by atoms with van der Waals surface area (Å²) in [7, 11) is -3.72. The molecular formula is C15H23N3O6S. The molecule has 0 atom stereocenters. The van der Waals surface area contributed by atoms with Gasteiger partial charge in [-0.3, -0.25) is 9.59 Å². The molecule has 1 fully saturated rings. The van der Waals surface area contributed by atoms with Gasteiger partial charge < -0.3 is 14.5 Å². The molecule has 0 spiro atoms. The van der Waals surface area contributed by atoms with E-state index in [1.165, 1.54) is 9.21 Å². The van der Waals surface area contributed by atoms with Crippen LogP contribution in [0.3, 0.4) is 0 Å². The number of amides is 1. The molecule has 1 aliphatic heterocycles. The van der Waals surface area contributed by atoms with E-state index in [4.69, 9.17) is 9.63 Å². The van der Waals surface area contributed by atoms with Gasteiger partial charge in [0, 0.05) is 25.6 Å². The van der Waals surface area contributed by atoms with Gasteiger partial charge in [0.1, 0.15) is 17.1 Å². The highest BCUT2D eigenvalue weighted by atomic mass is 32.2. The SMILES string of the molecule is CCN(CC(=O)O)C(=O)C1CCN(S(=O)(=O)c2c(C)noc2C)CC1. The summed E-state index contributed by atoms with van der Waals surface area (Å²) in [6, 6.07) is 0. The number of aromatic nitrogens is 1. The Morgan fingerprint density at radius 3 is 2.36 bits per heavy atom. The van der Waals surface area contributed by atoms with Crippen molar-refractivity contribution in [2.45, 2.75) is 38.5 Å². The van der Waals surface area contributed by atoms with Crippen molar-refractivity contribution in [1.82, 2.24) is 14.4 Å². The van der Waals surface area contributed by atoms with E-state index in [-0.39, 0.29) is 42.1 Å². The number of aliphatic carboxylic acids is 1. The molecule has 0 radical (unpaired) electrons. The Balaban J connectivity index is 2.06. The predicted molar refractivity (Wildman–Crippen MR) is 87.3 cm³/mol. The van der Waals surface area contributed by atoms with Gasteiger partial charge in [0.2, 0.25) is 15.9 Å². The zero-order chi connectivity index (χ0) is 18.8. The number of aryl methyl sites for hydroxylation is 2. The summed E-state index contributed by atoms with van der Waals surface area (Å²) in [5, 5.41) is 12.6. The summed E-state index contributed by atoms with van der Waals surface area (Å²) >= 11 is 0. The Kier molecular flexibility index (Phi) is 5.83. The van der Waals surface area contributed by atoms with Crippen LogP contribution in [0, 0.1) is 19.8 Å². The normalized spacial score (nSPS) is 16.8. The molecule has 2 rings (SSSR count). The second-order valence-electron chi connectivity index (χ2n) is 6.08. The van der Waals surface area contributed by atoms with Crippen LogP contribution in [-0.2, 0) is 19.6 Å². The molecule has 0 unspecified atom stereocenters. The minimum atomic E-state index is -3.72. The molecule has 10 heteroatoms. The van der Waals surface area contributed by atoms with Crippen LogP contribution in [0.4, 0.5) is 0 Å². The number of carbonyl (C=O) groups is 2. The van der Waals surface area contributed by atoms with Crippen LogP contribution >= 0.6 is 0 Å². The lowest BCUT2D eigenvalue weighted by atomic mass is 9.96. The second-order valence-corrected chi connectivity index (χ2v) is 7.95. The monoisotopic (exact) mass is 373 g/mol. The number of hydrogen-bond donors (Lipinski definition) is 1. The molecule has 0 saturated carbocycles. The van der Waals surface area contributed by atoms with Gasteiger partial charge in [0.05, 0.1) is 0 Å². The maximum Gasteiger partial charge on any atom is 0.323 e. The van der Waals surface area contributed by atoms with Gasteiger partial charge in [0.15, 0.2) is 5.76 Å². The van der Waals surface area contributed by atoms with Crippen LogP contribution in [0.15, 0.2) is 9.42 Å². The number of rotatable bonds is 6. The zero-order valence-corrected chi connectivity index (χ0v) is 15.4. The number of nitrogens with zero attached hydrogens (tertiary/aromatic N) is 3. The quantitative estimate of drug-likeness (QED) is 0.776. The van der Waals surface area contributed by atoms with Gasteiger partial charge in [-0.1, -0.05) is 5.16 Å². The van der Waals surface area contributed by atoms with Crippen molar-refractivity contribution < 1.29 is 27.6 Å². The summed E-state index contributed by atoms with van der Waals surface area (Å²) in [6.07, 6.45) is 0.717. The Labute approximate surface area is 146 Å². The van der Waals surface area contributed by atoms with Crippen LogP contribution in [0.2, 0.25) is 0 Å². The van der Waals surface area contributed by atoms with Crippen LogP contribution in [0.25, 0.3) is 0 Å². The lowest BCUT2D eigenvalue weighted by molar-refractivity contribution is -0.146. The fourth-order valence-electron chi connectivity index (χ4n) is 3.08. The van der Waals surface area contributed by atoms with Gasteiger partial charge in [-0.2, -0.15) is 4.31 Å². The number of carboxylic acids is 1. The van der Waals surface area contributed by atoms with Crippen LogP contribution in [0.5, 0.6) is 0 Å². The molecule has 1 N–H and O–H groups in total. The number of carbonyl (C=O) groups excluding carboxylic acids is 1. The Hall–Kier alpha value is -1.94. The molecule has 2 heterocycles. The Morgan fingerprint density at radius 2 is 1.92 bits per heavy atom. The molecule has 140 valence electrons. The number of carboxylic acid groups (broad SMARTS) is 1. The number of likely N-dealkylation sites (N-methyl/N-ethyl adjacent to an activating group) is 1. The topological polar surface area (TPSA) is 121 Å². The molecule has 1 aromatic rings. The smallest absolute Gasteiger partial charge is 0.323 e. The third-order valence-corrected chi connectivity index (χ3v) is 6.53. The molecule has 0 aromatic carbocycles. The molecule has 1 aliphatic rings. The fourth-order valence-corrected chi connectivity index (χ4v) is 4.84. The van der Waals surface area contributed by atoms with E-state index >= 15 is 0 Å². The molecule has 1 aromatic heterocycles. The third-order valence-electron chi connectivity index (χ3n) is 4.39. The molecule has 9 nitrogen and oxygen atoms in total. The van der Waals surface area contributed by atoms with Crippen molar-refractivity contribution in [3.8, 4) is 0 Å². The predicted octanol–water partition coefficient (Wildman–Crippen LogP) is 0.625. The lowest BCUT2D eigenvalue weighted by Gasteiger charge is -2.32. The summed E-state index contributed by atoms with van der Waals surface area (Å²) in [4.78, 5) is 24.6. The first-order valence-electron chi connectivity index (χ1n) is 8.12. The summed E-state index contributed by atoms with van der Waals surface area (Å²) in [5.74, 6) is -1.42. The highest BCUT2D eigenvalue weighted by Crippen LogP contribution is 2.28. The third kappa shape index (κ3) is 4.01. The van der Waals surface area contributed by atoms with Crippen molar-refractivity contribution in [3.63, 3.8) is 0 Å². The van der Waals surface area contributed by atoms with Crippen LogP contribution < -0.4 is 0 Å². The van der Waals surface area contributed by atoms with Crippen molar-refractivity contribution in [2.75, 3.05) is 26.2 Å². The van der Waals surface area contributed by atoms with Crippen molar-refractivity contribution in [2.24, 2.45) is 5.92 Å². The Bertz CT molecular complexity index is 730. The largest absolute Gasteiger partial charge is 0.480 e. The second kappa shape index (κ2) is 7.52. The first kappa shape index (κ1) is 19.4. The first-order valence-corrected chi connectivity index (χ1v) is 9.56. The standard InChI is InChI=1S/C15H23N3O6S/c1-4-17(9-13(19)20)15(21)12-5-7-18(8-6-12)25(22,23)14-10(2)16-24-11(14)3/h12H,4-9H2,1-3H3,(H,19,20). The molecular weight excluding hydrogens is 350 g/mol. The van der Waals surface area contributed by atoms with E-state index in [0.717, 1.165) is 0 Å². The van der Waals surface area contributed by atoms with Gasteiger partial charge >= 0.3 is 5.97 Å². The fraction of sp³-hybridized carbons (Fsp3) is 0.667. The molecule has 25 heavy (non-hydrogen) atoms. The van der Waals surface area contributed by atoms with E-state index in [1.807, 2.05) is 0 Å². The minimum Gasteiger partial charge on any atom is -0.480 e. The number of piperidine rings is 1. The highest BCUT2D eigenvalue weighted by molar-refractivity contribution is 7.89. The molecule has 0 aliphatic carbocycles. The van der Waals surface area contributed by atoms with Crippen LogP contribution in [0.1, 0.15) is 31.2 Å². The summed E-state index contributed by atoms with van der Waals surface area (Å²) < 4.78 is 31.8. The van der Waals surface area contributed by atoms with Gasteiger partial charge in [-0.25, -0.2) is 8.42 Å². The summed E-state index contributed by atoms with van der Waals surface area (Å²) in [5.41, 5.74) is 0.314. The van der Waals surface area contributed by atoms with E-state index < -0.39 is 16.0 Å². The number of sulfonamides is 1. The van der Waals surface area contributed by atoms with Gasteiger partial charge in [-0.15, -0.1) is 0 Å². The first-order chi connectivity index (χ1) is 11.7. The van der Waals surface area contributed by atoms with E-state index in [9.17, 15) is 18.0 Å². The molecule has 1 saturated heterocycles. The zero-order valence-electron chi connectivity index (χ0n) is 14.6. The summed E-state index contributed by atoms with van der Waals surface area (Å²) in [6.45, 7) is 5.22. The highest BCUT2D eigenvalue weighted by Gasteiger charge is 2.36. The average Bonchev–Trinajstić information content (AvgIpc) is 2.91. The Morgan fingerprint density at radius 1 is 1.32 bits per heavy atom. The van der Waals surface area contributed by atoms with E-state index in [2.05, 4.69) is 5.16 Å². The van der Waals surface area contributed by atoms with Crippen molar-refractivity contribution in [1.29, 1.82) is 0 Å². The molecule has 0 bridgehead atoms. The van der Waals surface area contributed by atoms with Gasteiger partial charge in [0.25, 0.3) is 0 Å². The lowest BCUT2D eigenvalue weighted by Crippen LogP contribution is -2.45. The minimum absolute atomic E-state index is 0.0818. The maximum atomic E-state index is 12.8. The van der Waals surface area contributed by atoms with Crippen LogP contribution in [-0.4, -0.2) is 65.9 Å². The van der Waals surface area contributed by atoms with Crippen molar-refractivity contribution in [3.05, 3.63) is 11.5 Å². The molecule has 1 amide bonds. The van der Waals surface area contributed by atoms with Gasteiger partial charge in [-0.05, 0) is 33.6 Å². The maximum absolute atomic E-state index is 12.8.